The predicted octanol–water partition coefficient (Wildman–Crippen LogP) is 3.87. The second-order valence-electron chi connectivity index (χ2n) is 8.45. The standard InChI is InChI=1S/C25H33N3O6/c1-6-21(25(30)26-14-17(2)3)27(15-19-9-7-18(4)8-10-19)24(29)16-34-20-11-12-22(28(31)32)23(13-20)33-5/h7-13,17,21H,6,14-16H2,1-5H3,(H,26,30)/t21-/m0/s1. The maximum Gasteiger partial charge on any atom is 0.311 e. The number of ether oxygens (including phenoxy) is 2. The van der Waals surface area contributed by atoms with E-state index in [9.17, 15) is 19.7 Å². The molecule has 9 nitrogen and oxygen atoms in total. The number of amides is 2. The van der Waals surface area contributed by atoms with E-state index in [4.69, 9.17) is 9.47 Å². The highest BCUT2D eigenvalue weighted by molar-refractivity contribution is 5.88. The van der Waals surface area contributed by atoms with E-state index < -0.39 is 11.0 Å². The summed E-state index contributed by atoms with van der Waals surface area (Å²) in [5.74, 6) is -0.0179. The summed E-state index contributed by atoms with van der Waals surface area (Å²) in [4.78, 5) is 38.2. The number of carbonyl (C=O) groups is 2. The van der Waals surface area contributed by atoms with Crippen LogP contribution in [0.4, 0.5) is 5.69 Å². The Kier molecular flexibility index (Phi) is 9.85. The van der Waals surface area contributed by atoms with Crippen molar-refractivity contribution in [3.63, 3.8) is 0 Å². The molecule has 0 heterocycles. The van der Waals surface area contributed by atoms with Crippen molar-refractivity contribution in [1.29, 1.82) is 0 Å². The Morgan fingerprint density at radius 3 is 2.38 bits per heavy atom. The number of nitrogens with zero attached hydrogens (tertiary/aromatic N) is 2. The van der Waals surface area contributed by atoms with Crippen molar-refractivity contribution in [1.82, 2.24) is 10.2 Å². The number of nitro benzene ring substituents is 1. The molecule has 0 saturated heterocycles. The first-order valence-electron chi connectivity index (χ1n) is 11.2. The molecule has 0 aliphatic rings. The Bertz CT molecular complexity index is 991. The maximum absolute atomic E-state index is 13.2. The summed E-state index contributed by atoms with van der Waals surface area (Å²) >= 11 is 0. The second-order valence-corrected chi connectivity index (χ2v) is 8.45. The Morgan fingerprint density at radius 1 is 1.15 bits per heavy atom. The molecule has 0 aliphatic carbocycles. The molecule has 2 amide bonds. The lowest BCUT2D eigenvalue weighted by Gasteiger charge is -2.31. The molecule has 0 saturated carbocycles. The molecule has 184 valence electrons. The van der Waals surface area contributed by atoms with Gasteiger partial charge in [0.2, 0.25) is 11.7 Å². The van der Waals surface area contributed by atoms with Crippen molar-refractivity contribution in [3.8, 4) is 11.5 Å². The average Bonchev–Trinajstić information content (AvgIpc) is 2.81. The van der Waals surface area contributed by atoms with Crippen LogP contribution in [0.25, 0.3) is 0 Å². The molecule has 0 spiro atoms. The van der Waals surface area contributed by atoms with E-state index in [1.54, 1.807) is 0 Å². The molecule has 1 atom stereocenters. The van der Waals surface area contributed by atoms with Crippen LogP contribution in [-0.4, -0.2) is 47.9 Å². The number of benzene rings is 2. The van der Waals surface area contributed by atoms with Gasteiger partial charge < -0.3 is 19.7 Å². The van der Waals surface area contributed by atoms with Gasteiger partial charge in [-0.25, -0.2) is 0 Å². The van der Waals surface area contributed by atoms with Gasteiger partial charge in [0, 0.05) is 25.2 Å². The van der Waals surface area contributed by atoms with Crippen LogP contribution >= 0.6 is 0 Å². The zero-order chi connectivity index (χ0) is 25.3. The molecule has 9 heteroatoms. The number of rotatable bonds is 12. The number of hydrogen-bond acceptors (Lipinski definition) is 6. The fourth-order valence-corrected chi connectivity index (χ4v) is 3.36. The van der Waals surface area contributed by atoms with Gasteiger partial charge in [-0.05, 0) is 30.9 Å². The average molecular weight is 472 g/mol. The van der Waals surface area contributed by atoms with Gasteiger partial charge in [0.1, 0.15) is 11.8 Å². The van der Waals surface area contributed by atoms with Gasteiger partial charge in [0.25, 0.3) is 5.91 Å². The first kappa shape index (κ1) is 26.6. The van der Waals surface area contributed by atoms with Crippen molar-refractivity contribution in [3.05, 3.63) is 63.7 Å². The van der Waals surface area contributed by atoms with Gasteiger partial charge in [-0.3, -0.25) is 19.7 Å². The third-order valence-electron chi connectivity index (χ3n) is 5.25. The molecule has 0 radical (unpaired) electrons. The van der Waals surface area contributed by atoms with Crippen molar-refractivity contribution >= 4 is 17.5 Å². The molecular formula is C25H33N3O6. The summed E-state index contributed by atoms with van der Waals surface area (Å²) in [6, 6.07) is 11.1. The number of nitrogens with one attached hydrogen (secondary N) is 1. The van der Waals surface area contributed by atoms with E-state index in [-0.39, 0.29) is 48.1 Å². The number of methoxy groups -OCH3 is 1. The third-order valence-corrected chi connectivity index (χ3v) is 5.25. The van der Waals surface area contributed by atoms with Crippen molar-refractivity contribution in [2.75, 3.05) is 20.3 Å². The molecule has 0 bridgehead atoms. The Labute approximate surface area is 200 Å². The van der Waals surface area contributed by atoms with Gasteiger partial charge in [-0.15, -0.1) is 0 Å². The highest BCUT2D eigenvalue weighted by Gasteiger charge is 2.29. The molecule has 1 N–H and O–H groups in total. The molecular weight excluding hydrogens is 438 g/mol. The zero-order valence-electron chi connectivity index (χ0n) is 20.4. The van der Waals surface area contributed by atoms with Crippen LogP contribution in [0.1, 0.15) is 38.3 Å². The highest BCUT2D eigenvalue weighted by Crippen LogP contribution is 2.30. The van der Waals surface area contributed by atoms with E-state index in [1.165, 1.54) is 30.2 Å². The van der Waals surface area contributed by atoms with Crippen molar-refractivity contribution in [2.24, 2.45) is 5.92 Å². The normalized spacial score (nSPS) is 11.6. The van der Waals surface area contributed by atoms with E-state index in [2.05, 4.69) is 5.32 Å². The van der Waals surface area contributed by atoms with Gasteiger partial charge in [0.15, 0.2) is 6.61 Å². The Hall–Kier alpha value is -3.62. The number of carbonyl (C=O) groups excluding carboxylic acids is 2. The van der Waals surface area contributed by atoms with Crippen LogP contribution in [-0.2, 0) is 16.1 Å². The van der Waals surface area contributed by atoms with E-state index in [0.29, 0.717) is 13.0 Å². The van der Waals surface area contributed by atoms with Crippen LogP contribution in [0, 0.1) is 23.0 Å². The van der Waals surface area contributed by atoms with Crippen molar-refractivity contribution < 1.29 is 24.0 Å². The molecule has 2 aromatic rings. The first-order chi connectivity index (χ1) is 16.2. The predicted molar refractivity (Wildman–Crippen MR) is 129 cm³/mol. The summed E-state index contributed by atoms with van der Waals surface area (Å²) in [6.45, 7) is 8.28. The van der Waals surface area contributed by atoms with Crippen LogP contribution in [0.15, 0.2) is 42.5 Å². The summed E-state index contributed by atoms with van der Waals surface area (Å²) in [7, 11) is 1.32. The minimum absolute atomic E-state index is 0.0333. The highest BCUT2D eigenvalue weighted by atomic mass is 16.6. The number of nitro groups is 1. The fraction of sp³-hybridized carbons (Fsp3) is 0.440. The Morgan fingerprint density at radius 2 is 1.82 bits per heavy atom. The lowest BCUT2D eigenvalue weighted by atomic mass is 10.1. The first-order valence-corrected chi connectivity index (χ1v) is 11.2. The van der Waals surface area contributed by atoms with Crippen LogP contribution in [0.5, 0.6) is 11.5 Å². The van der Waals surface area contributed by atoms with Gasteiger partial charge in [-0.2, -0.15) is 0 Å². The quantitative estimate of drug-likeness (QED) is 0.372. The minimum Gasteiger partial charge on any atom is -0.490 e. The molecule has 34 heavy (non-hydrogen) atoms. The molecule has 0 fully saturated rings. The van der Waals surface area contributed by atoms with E-state index in [0.717, 1.165) is 11.1 Å². The third kappa shape index (κ3) is 7.47. The van der Waals surface area contributed by atoms with Crippen LogP contribution in [0.2, 0.25) is 0 Å². The lowest BCUT2D eigenvalue weighted by Crippen LogP contribution is -2.50. The largest absolute Gasteiger partial charge is 0.490 e. The van der Waals surface area contributed by atoms with Gasteiger partial charge in [-0.1, -0.05) is 50.6 Å². The summed E-state index contributed by atoms with van der Waals surface area (Å²) in [5.41, 5.74) is 1.79. The maximum atomic E-state index is 13.2. The second kappa shape index (κ2) is 12.6. The molecule has 0 aromatic heterocycles. The number of hydrogen-bond donors (Lipinski definition) is 1. The fourth-order valence-electron chi connectivity index (χ4n) is 3.36. The molecule has 2 rings (SSSR count). The Balaban J connectivity index is 2.22. The van der Waals surface area contributed by atoms with E-state index >= 15 is 0 Å². The summed E-state index contributed by atoms with van der Waals surface area (Å²) < 4.78 is 10.7. The van der Waals surface area contributed by atoms with E-state index in [1.807, 2.05) is 52.0 Å². The minimum atomic E-state index is -0.664. The lowest BCUT2D eigenvalue weighted by molar-refractivity contribution is -0.385. The molecule has 2 aromatic carbocycles. The topological polar surface area (TPSA) is 111 Å². The monoisotopic (exact) mass is 471 g/mol. The molecule has 0 unspecified atom stereocenters. The summed E-state index contributed by atoms with van der Waals surface area (Å²) in [5, 5.41) is 14.0. The van der Waals surface area contributed by atoms with Gasteiger partial charge >= 0.3 is 5.69 Å². The zero-order valence-corrected chi connectivity index (χ0v) is 20.4. The van der Waals surface area contributed by atoms with Gasteiger partial charge in [0.05, 0.1) is 12.0 Å². The molecule has 0 aliphatic heterocycles. The number of aryl methyl sites for hydroxylation is 1. The smallest absolute Gasteiger partial charge is 0.311 e. The summed E-state index contributed by atoms with van der Waals surface area (Å²) in [6.07, 6.45) is 0.437. The SMILES string of the molecule is CC[C@@H](C(=O)NCC(C)C)N(Cc1ccc(C)cc1)C(=O)COc1ccc([N+](=O)[O-])c(OC)c1. The van der Waals surface area contributed by atoms with Crippen molar-refractivity contribution in [2.45, 2.75) is 46.7 Å². The van der Waals surface area contributed by atoms with Crippen LogP contribution < -0.4 is 14.8 Å². The van der Waals surface area contributed by atoms with Crippen LogP contribution in [0.3, 0.4) is 0 Å².